The number of hydrogen-bond acceptors (Lipinski definition) is 4. The summed E-state index contributed by atoms with van der Waals surface area (Å²) < 4.78 is 0. The van der Waals surface area contributed by atoms with Crippen LogP contribution in [0.3, 0.4) is 0 Å². The lowest BCUT2D eigenvalue weighted by Gasteiger charge is -2.17. The van der Waals surface area contributed by atoms with Gasteiger partial charge in [0.25, 0.3) is 0 Å². The molecule has 0 bridgehead atoms. The number of benzene rings is 2. The van der Waals surface area contributed by atoms with Gasteiger partial charge in [-0.2, -0.15) is 0 Å². The molecule has 2 aromatic rings. The zero-order valence-corrected chi connectivity index (χ0v) is 14.4. The lowest BCUT2D eigenvalue weighted by molar-refractivity contribution is -0.255. The molecule has 1 aliphatic rings. The topological polar surface area (TPSA) is 89.5 Å². The highest BCUT2D eigenvalue weighted by Gasteiger charge is 2.35. The molecule has 6 heteroatoms. The molecule has 0 spiro atoms. The van der Waals surface area contributed by atoms with Crippen molar-refractivity contribution < 1.29 is 19.5 Å². The number of amides is 2. The second-order valence-electron chi connectivity index (χ2n) is 6.28. The molecule has 1 N–H and O–H groups in total. The van der Waals surface area contributed by atoms with E-state index in [0.717, 1.165) is 12.1 Å². The van der Waals surface area contributed by atoms with Gasteiger partial charge in [-0.25, -0.2) is 0 Å². The average molecular weight is 351 g/mol. The molecule has 6 nitrogen and oxygen atoms in total. The van der Waals surface area contributed by atoms with E-state index in [1.165, 1.54) is 23.8 Å². The smallest absolute Gasteiger partial charge is 0.229 e. The molecule has 1 aliphatic heterocycles. The van der Waals surface area contributed by atoms with Crippen LogP contribution < -0.4 is 15.3 Å². The van der Waals surface area contributed by atoms with Crippen LogP contribution in [0, 0.1) is 5.92 Å². The number of carboxylic acid groups (broad SMARTS) is 1. The van der Waals surface area contributed by atoms with Crippen molar-refractivity contribution in [1.29, 1.82) is 0 Å². The van der Waals surface area contributed by atoms with Crippen LogP contribution in [-0.4, -0.2) is 24.3 Å². The van der Waals surface area contributed by atoms with Crippen LogP contribution in [0.5, 0.6) is 0 Å². The maximum Gasteiger partial charge on any atom is 0.229 e. The number of hydrogen-bond donors (Lipinski definition) is 1. The number of aromatic carboxylic acids is 1. The van der Waals surface area contributed by atoms with E-state index in [2.05, 4.69) is 12.2 Å². The first kappa shape index (κ1) is 17.7. The first-order valence-electron chi connectivity index (χ1n) is 8.49. The molecule has 2 amide bonds. The zero-order valence-electron chi connectivity index (χ0n) is 14.4. The minimum atomic E-state index is -1.31. The van der Waals surface area contributed by atoms with E-state index < -0.39 is 11.9 Å². The summed E-state index contributed by atoms with van der Waals surface area (Å²) >= 11 is 0. The maximum atomic E-state index is 12.5. The predicted molar refractivity (Wildman–Crippen MR) is 95.7 cm³/mol. The fourth-order valence-electron chi connectivity index (χ4n) is 3.01. The van der Waals surface area contributed by atoms with Gasteiger partial charge in [-0.15, -0.1) is 0 Å². The Kier molecular flexibility index (Phi) is 5.02. The van der Waals surface area contributed by atoms with E-state index in [9.17, 15) is 19.5 Å². The molecule has 1 atom stereocenters. The molecule has 0 aliphatic carbocycles. The second kappa shape index (κ2) is 7.39. The van der Waals surface area contributed by atoms with Gasteiger partial charge in [0.1, 0.15) is 0 Å². The van der Waals surface area contributed by atoms with Crippen molar-refractivity contribution in [2.75, 3.05) is 16.8 Å². The number of carbonyl (C=O) groups excluding carboxylic acids is 3. The molecule has 2 aromatic carbocycles. The lowest BCUT2D eigenvalue weighted by atomic mass is 10.1. The summed E-state index contributed by atoms with van der Waals surface area (Å²) in [6.45, 7) is 2.36. The molecule has 0 unspecified atom stereocenters. The highest BCUT2D eigenvalue weighted by Crippen LogP contribution is 2.26. The molecule has 1 fully saturated rings. The van der Waals surface area contributed by atoms with E-state index >= 15 is 0 Å². The van der Waals surface area contributed by atoms with Gasteiger partial charge in [0, 0.05) is 24.3 Å². The van der Waals surface area contributed by atoms with Crippen LogP contribution in [0.4, 0.5) is 11.4 Å². The van der Waals surface area contributed by atoms with E-state index in [-0.39, 0.29) is 23.8 Å². The van der Waals surface area contributed by atoms with Crippen molar-refractivity contribution in [2.24, 2.45) is 5.92 Å². The Bertz CT molecular complexity index is 845. The van der Waals surface area contributed by atoms with Crippen LogP contribution in [0.25, 0.3) is 0 Å². The quantitative estimate of drug-likeness (QED) is 0.886. The Balaban J connectivity index is 1.68. The molecule has 0 saturated carbocycles. The average Bonchev–Trinajstić information content (AvgIpc) is 3.04. The van der Waals surface area contributed by atoms with Gasteiger partial charge in [-0.3, -0.25) is 9.59 Å². The number of nitrogens with one attached hydrogen (secondary N) is 1. The van der Waals surface area contributed by atoms with Crippen molar-refractivity contribution in [2.45, 2.75) is 19.8 Å². The van der Waals surface area contributed by atoms with Crippen molar-refractivity contribution in [3.63, 3.8) is 0 Å². The minimum absolute atomic E-state index is 0.0112. The van der Waals surface area contributed by atoms with Gasteiger partial charge in [-0.1, -0.05) is 31.2 Å². The van der Waals surface area contributed by atoms with E-state index in [1.807, 2.05) is 24.3 Å². The Labute approximate surface area is 151 Å². The fourth-order valence-corrected chi connectivity index (χ4v) is 3.01. The number of anilines is 2. The predicted octanol–water partition coefficient (Wildman–Crippen LogP) is 1.60. The van der Waals surface area contributed by atoms with Crippen molar-refractivity contribution in [3.8, 4) is 0 Å². The Hall–Kier alpha value is -3.15. The van der Waals surface area contributed by atoms with Crippen molar-refractivity contribution in [3.05, 3.63) is 59.7 Å². The molecule has 1 heterocycles. The van der Waals surface area contributed by atoms with Crippen LogP contribution in [0.15, 0.2) is 48.5 Å². The van der Waals surface area contributed by atoms with E-state index in [1.54, 1.807) is 11.0 Å². The molecule has 1 saturated heterocycles. The number of carboxylic acids is 1. The summed E-state index contributed by atoms with van der Waals surface area (Å²) in [5.41, 5.74) is 2.32. The Morgan fingerprint density at radius 3 is 2.58 bits per heavy atom. The van der Waals surface area contributed by atoms with Gasteiger partial charge >= 0.3 is 0 Å². The highest BCUT2D eigenvalue weighted by molar-refractivity contribution is 6.03. The van der Waals surface area contributed by atoms with Crippen molar-refractivity contribution >= 4 is 29.2 Å². The van der Waals surface area contributed by atoms with Gasteiger partial charge in [0.2, 0.25) is 11.8 Å². The largest absolute Gasteiger partial charge is 0.545 e. The fraction of sp³-hybridized carbons (Fsp3) is 0.250. The third kappa shape index (κ3) is 3.74. The number of nitrogens with zero attached hydrogens (tertiary/aromatic N) is 1. The summed E-state index contributed by atoms with van der Waals surface area (Å²) in [6, 6.07) is 13.6. The molecule has 26 heavy (non-hydrogen) atoms. The van der Waals surface area contributed by atoms with Gasteiger partial charge in [0.05, 0.1) is 11.9 Å². The number of rotatable bonds is 5. The first-order chi connectivity index (χ1) is 12.5. The normalized spacial score (nSPS) is 16.6. The summed E-state index contributed by atoms with van der Waals surface area (Å²) in [6.07, 6.45) is 1.05. The van der Waals surface area contributed by atoms with Crippen LogP contribution in [0.1, 0.15) is 29.3 Å². The minimum Gasteiger partial charge on any atom is -0.545 e. The first-order valence-corrected chi connectivity index (χ1v) is 8.49. The van der Waals surface area contributed by atoms with Crippen molar-refractivity contribution in [1.82, 2.24) is 0 Å². The summed E-state index contributed by atoms with van der Waals surface area (Å²) in [5, 5.41) is 13.6. The number of carbonyl (C=O) groups is 3. The molecule has 0 aromatic heterocycles. The zero-order chi connectivity index (χ0) is 18.7. The molecule has 3 rings (SSSR count). The highest BCUT2D eigenvalue weighted by atomic mass is 16.4. The lowest BCUT2D eigenvalue weighted by Crippen LogP contribution is -2.28. The molecule has 134 valence electrons. The molecular formula is C20H19N2O4-. The van der Waals surface area contributed by atoms with E-state index in [4.69, 9.17) is 0 Å². The second-order valence-corrected chi connectivity index (χ2v) is 6.28. The van der Waals surface area contributed by atoms with Crippen LogP contribution in [0.2, 0.25) is 0 Å². The SMILES string of the molecule is CCc1ccc(N2C[C@H](C(=O)Nc3cccc(C(=O)[O-])c3)CC2=O)cc1. The Morgan fingerprint density at radius 2 is 1.92 bits per heavy atom. The molecular weight excluding hydrogens is 332 g/mol. The Morgan fingerprint density at radius 1 is 1.19 bits per heavy atom. The third-order valence-corrected chi connectivity index (χ3v) is 4.52. The summed E-state index contributed by atoms with van der Waals surface area (Å²) in [4.78, 5) is 37.3. The summed E-state index contributed by atoms with van der Waals surface area (Å²) in [5.74, 6) is -2.20. The monoisotopic (exact) mass is 351 g/mol. The standard InChI is InChI=1S/C20H20N2O4/c1-2-13-6-8-17(9-7-13)22-12-15(11-18(22)23)19(24)21-16-5-3-4-14(10-16)20(25)26/h3-10,15H,2,11-12H2,1H3,(H,21,24)(H,25,26)/p-1/t15-/m1/s1. The molecule has 0 radical (unpaired) electrons. The van der Waals surface area contributed by atoms with Gasteiger partial charge < -0.3 is 20.1 Å². The third-order valence-electron chi connectivity index (χ3n) is 4.52. The summed E-state index contributed by atoms with van der Waals surface area (Å²) in [7, 11) is 0. The van der Waals surface area contributed by atoms with E-state index in [0.29, 0.717) is 12.2 Å². The van der Waals surface area contributed by atoms with Gasteiger partial charge in [-0.05, 0) is 41.8 Å². The van der Waals surface area contributed by atoms with Crippen LogP contribution in [-0.2, 0) is 16.0 Å². The van der Waals surface area contributed by atoms with Gasteiger partial charge in [0.15, 0.2) is 0 Å². The van der Waals surface area contributed by atoms with Crippen LogP contribution >= 0.6 is 0 Å². The maximum absolute atomic E-state index is 12.5. The number of aryl methyl sites for hydroxylation is 1.